The highest BCUT2D eigenvalue weighted by Crippen LogP contribution is 2.28. The van der Waals surface area contributed by atoms with E-state index in [1.54, 1.807) is 11.8 Å². The molecule has 0 unspecified atom stereocenters. The Morgan fingerprint density at radius 1 is 1.25 bits per heavy atom. The molecule has 1 saturated carbocycles. The Balaban J connectivity index is 1.50. The van der Waals surface area contributed by atoms with E-state index in [1.165, 1.54) is 25.7 Å². The smallest absolute Gasteiger partial charge is 0.230 e. The lowest BCUT2D eigenvalue weighted by molar-refractivity contribution is -0.118. The number of carbonyl (C=O) groups is 1. The minimum Gasteiger partial charge on any atom is -0.379 e. The third-order valence-corrected chi connectivity index (χ3v) is 5.03. The first-order valence-corrected chi connectivity index (χ1v) is 8.53. The van der Waals surface area contributed by atoms with Gasteiger partial charge in [0.1, 0.15) is 0 Å². The van der Waals surface area contributed by atoms with Gasteiger partial charge in [-0.3, -0.25) is 9.69 Å². The monoisotopic (exact) mass is 296 g/mol. The van der Waals surface area contributed by atoms with Crippen molar-refractivity contribution < 1.29 is 9.53 Å². The van der Waals surface area contributed by atoms with Crippen molar-refractivity contribution in [3.63, 3.8) is 0 Å². The lowest BCUT2D eigenvalue weighted by atomic mass is 10.4. The van der Waals surface area contributed by atoms with Crippen LogP contribution in [0.2, 0.25) is 0 Å². The Kier molecular flexibility index (Phi) is 7.27. The molecule has 1 N–H and O–H groups in total. The van der Waals surface area contributed by atoms with E-state index in [1.807, 2.05) is 0 Å². The van der Waals surface area contributed by atoms with Crippen LogP contribution in [-0.4, -0.2) is 61.2 Å². The molecule has 112 valence electrons. The number of morpholine rings is 1. The highest BCUT2D eigenvalue weighted by atomic mass is 32.2. The Morgan fingerprint density at radius 2 is 2.00 bits per heavy atom. The fourth-order valence-electron chi connectivity index (χ4n) is 2.43. The molecular weight excluding hydrogens is 272 g/mol. The highest BCUT2D eigenvalue weighted by Gasteiger charge is 2.16. The summed E-state index contributed by atoms with van der Waals surface area (Å²) in [4.78, 5) is 13.9. The van der Waals surface area contributed by atoms with E-state index < -0.39 is 0 Å². The van der Waals surface area contributed by atoms with Crippen LogP contribution in [0, 0.1) is 11.8 Å². The van der Waals surface area contributed by atoms with Crippen LogP contribution in [0.1, 0.15) is 25.7 Å². The summed E-state index contributed by atoms with van der Waals surface area (Å²) in [5.41, 5.74) is 0. The molecule has 1 amide bonds. The summed E-state index contributed by atoms with van der Waals surface area (Å²) in [5.74, 6) is 6.82. The van der Waals surface area contributed by atoms with Crippen LogP contribution >= 0.6 is 11.8 Å². The molecular formula is C15H24N2O2S. The van der Waals surface area contributed by atoms with E-state index in [-0.39, 0.29) is 5.91 Å². The maximum absolute atomic E-state index is 11.6. The number of nitrogens with one attached hydrogen (secondary N) is 1. The molecule has 0 aromatic heterocycles. The average Bonchev–Trinajstić information content (AvgIpc) is 2.99. The molecule has 2 fully saturated rings. The van der Waals surface area contributed by atoms with Gasteiger partial charge < -0.3 is 10.1 Å². The molecule has 1 heterocycles. The van der Waals surface area contributed by atoms with E-state index in [2.05, 4.69) is 22.1 Å². The zero-order valence-corrected chi connectivity index (χ0v) is 12.8. The molecule has 1 aliphatic heterocycles. The lowest BCUT2D eigenvalue weighted by Gasteiger charge is -2.24. The maximum atomic E-state index is 11.6. The minimum atomic E-state index is 0.113. The predicted molar refractivity (Wildman–Crippen MR) is 82.8 cm³/mol. The van der Waals surface area contributed by atoms with Crippen molar-refractivity contribution >= 4 is 17.7 Å². The summed E-state index contributed by atoms with van der Waals surface area (Å²) < 4.78 is 5.28. The number of hydrogen-bond donors (Lipinski definition) is 1. The Labute approximate surface area is 126 Å². The summed E-state index contributed by atoms with van der Waals surface area (Å²) >= 11 is 1.80. The lowest BCUT2D eigenvalue weighted by Crippen LogP contribution is -2.36. The number of nitrogens with zero attached hydrogens (tertiary/aromatic N) is 1. The second-order valence-electron chi connectivity index (χ2n) is 5.24. The van der Waals surface area contributed by atoms with Crippen molar-refractivity contribution in [2.45, 2.75) is 30.9 Å². The molecule has 2 aliphatic rings. The van der Waals surface area contributed by atoms with Gasteiger partial charge in [-0.2, -0.15) is 0 Å². The molecule has 5 heteroatoms. The predicted octanol–water partition coefficient (Wildman–Crippen LogP) is 1.11. The molecule has 0 bridgehead atoms. The topological polar surface area (TPSA) is 41.6 Å². The quantitative estimate of drug-likeness (QED) is 0.772. The fourth-order valence-corrected chi connectivity index (χ4v) is 3.59. The van der Waals surface area contributed by atoms with Gasteiger partial charge in [0.2, 0.25) is 5.91 Å². The number of carbonyl (C=O) groups excluding carboxylic acids is 1. The summed E-state index contributed by atoms with van der Waals surface area (Å²) in [6.45, 7) is 4.76. The van der Waals surface area contributed by atoms with Gasteiger partial charge in [-0.15, -0.1) is 11.8 Å². The number of amides is 1. The van der Waals surface area contributed by atoms with Gasteiger partial charge in [0, 0.05) is 18.3 Å². The zero-order chi connectivity index (χ0) is 14.0. The SMILES string of the molecule is O=C(CSC1CCCC1)NCC#CCN1CCOCC1. The first-order chi connectivity index (χ1) is 9.84. The highest BCUT2D eigenvalue weighted by molar-refractivity contribution is 8.00. The normalized spacial score (nSPS) is 20.4. The second kappa shape index (κ2) is 9.28. The van der Waals surface area contributed by atoms with E-state index in [9.17, 15) is 4.79 Å². The second-order valence-corrected chi connectivity index (χ2v) is 6.52. The van der Waals surface area contributed by atoms with Gasteiger partial charge >= 0.3 is 0 Å². The van der Waals surface area contributed by atoms with Crippen molar-refractivity contribution in [1.29, 1.82) is 0 Å². The number of thioether (sulfide) groups is 1. The van der Waals surface area contributed by atoms with Gasteiger partial charge in [-0.05, 0) is 12.8 Å². The van der Waals surface area contributed by atoms with Gasteiger partial charge in [0.05, 0.1) is 32.1 Å². The number of rotatable bonds is 5. The molecule has 4 nitrogen and oxygen atoms in total. The average molecular weight is 296 g/mol. The van der Waals surface area contributed by atoms with E-state index in [0.29, 0.717) is 17.5 Å². The third kappa shape index (κ3) is 6.17. The van der Waals surface area contributed by atoms with Crippen molar-refractivity contribution in [2.24, 2.45) is 0 Å². The van der Waals surface area contributed by atoms with Gasteiger partial charge in [-0.1, -0.05) is 24.7 Å². The summed E-state index contributed by atoms with van der Waals surface area (Å²) in [6.07, 6.45) is 5.20. The molecule has 1 saturated heterocycles. The van der Waals surface area contributed by atoms with E-state index >= 15 is 0 Å². The van der Waals surface area contributed by atoms with Crippen LogP contribution < -0.4 is 5.32 Å². The van der Waals surface area contributed by atoms with E-state index in [4.69, 9.17) is 4.74 Å². The summed E-state index contributed by atoms with van der Waals surface area (Å²) in [6, 6.07) is 0. The van der Waals surface area contributed by atoms with Gasteiger partial charge in [-0.25, -0.2) is 0 Å². The van der Waals surface area contributed by atoms with Crippen molar-refractivity contribution in [2.75, 3.05) is 45.1 Å². The van der Waals surface area contributed by atoms with Crippen LogP contribution in [0.4, 0.5) is 0 Å². The van der Waals surface area contributed by atoms with Crippen LogP contribution in [0.25, 0.3) is 0 Å². The first kappa shape index (κ1) is 15.7. The van der Waals surface area contributed by atoms with Crippen molar-refractivity contribution in [3.8, 4) is 11.8 Å². The molecule has 0 atom stereocenters. The minimum absolute atomic E-state index is 0.113. The zero-order valence-electron chi connectivity index (χ0n) is 12.0. The largest absolute Gasteiger partial charge is 0.379 e. The van der Waals surface area contributed by atoms with Crippen LogP contribution in [0.5, 0.6) is 0 Å². The molecule has 1 aliphatic carbocycles. The maximum Gasteiger partial charge on any atom is 0.230 e. The molecule has 20 heavy (non-hydrogen) atoms. The molecule has 2 rings (SSSR count). The first-order valence-electron chi connectivity index (χ1n) is 7.49. The van der Waals surface area contributed by atoms with Crippen LogP contribution in [-0.2, 0) is 9.53 Å². The number of hydrogen-bond acceptors (Lipinski definition) is 4. The molecule has 0 spiro atoms. The van der Waals surface area contributed by atoms with Gasteiger partial charge in [0.15, 0.2) is 0 Å². The molecule has 0 radical (unpaired) electrons. The Morgan fingerprint density at radius 3 is 2.75 bits per heavy atom. The molecule has 0 aromatic rings. The van der Waals surface area contributed by atoms with Crippen molar-refractivity contribution in [1.82, 2.24) is 10.2 Å². The standard InChI is InChI=1S/C15H24N2O2S/c18-15(13-20-14-5-1-2-6-14)16-7-3-4-8-17-9-11-19-12-10-17/h14H,1-2,5-13H2,(H,16,18). The Bertz CT molecular complexity index is 353. The summed E-state index contributed by atoms with van der Waals surface area (Å²) in [7, 11) is 0. The van der Waals surface area contributed by atoms with E-state index in [0.717, 1.165) is 32.8 Å². The summed E-state index contributed by atoms with van der Waals surface area (Å²) in [5, 5.41) is 3.57. The van der Waals surface area contributed by atoms with Crippen LogP contribution in [0.3, 0.4) is 0 Å². The van der Waals surface area contributed by atoms with Crippen LogP contribution in [0.15, 0.2) is 0 Å². The number of ether oxygens (including phenoxy) is 1. The van der Waals surface area contributed by atoms with Crippen molar-refractivity contribution in [3.05, 3.63) is 0 Å². The van der Waals surface area contributed by atoms with Gasteiger partial charge in [0.25, 0.3) is 0 Å². The molecule has 0 aromatic carbocycles. The fraction of sp³-hybridized carbons (Fsp3) is 0.800. The Hall–Kier alpha value is -0.700. The third-order valence-electron chi connectivity index (χ3n) is 3.66.